The van der Waals surface area contributed by atoms with Crippen molar-refractivity contribution >= 4 is 11.1 Å². The highest BCUT2D eigenvalue weighted by atomic mass is 16.5. The van der Waals surface area contributed by atoms with Crippen molar-refractivity contribution in [1.82, 2.24) is 9.55 Å². The van der Waals surface area contributed by atoms with E-state index in [1.54, 1.807) is 13.1 Å². The van der Waals surface area contributed by atoms with Crippen molar-refractivity contribution in [2.75, 3.05) is 0 Å². The van der Waals surface area contributed by atoms with E-state index in [1.807, 2.05) is 84.9 Å². The van der Waals surface area contributed by atoms with Crippen LogP contribution in [0.1, 0.15) is 11.1 Å². The van der Waals surface area contributed by atoms with Gasteiger partial charge in [-0.15, -0.1) is 0 Å². The summed E-state index contributed by atoms with van der Waals surface area (Å²) in [6, 6.07) is 29.2. The molecule has 0 aliphatic rings. The third-order valence-electron chi connectivity index (χ3n) is 5.39. The molecule has 5 aromatic rings. The van der Waals surface area contributed by atoms with Crippen LogP contribution >= 0.6 is 0 Å². The number of nitrogens with zero attached hydrogens (tertiary/aromatic N) is 2. The Morgan fingerprint density at radius 2 is 1.48 bits per heavy atom. The number of fused-ring (bicyclic) bond motifs is 1. The smallest absolute Gasteiger partial charge is 0.419 e. The minimum absolute atomic E-state index is 0.370. The minimum atomic E-state index is -0.398. The molecule has 33 heavy (non-hydrogen) atoms. The molecule has 0 unspecified atom stereocenters. The second-order valence-corrected chi connectivity index (χ2v) is 7.66. The minimum Gasteiger partial charge on any atom is -0.473 e. The first kappa shape index (κ1) is 20.6. The van der Waals surface area contributed by atoms with Crippen LogP contribution < -0.4 is 15.2 Å². The molecule has 2 heterocycles. The van der Waals surface area contributed by atoms with E-state index in [2.05, 4.69) is 4.98 Å². The van der Waals surface area contributed by atoms with Gasteiger partial charge < -0.3 is 13.9 Å². The van der Waals surface area contributed by atoms with Crippen molar-refractivity contribution in [2.45, 2.75) is 13.2 Å². The average Bonchev–Trinajstić information content (AvgIpc) is 3.15. The molecule has 0 spiro atoms. The molecule has 164 valence electrons. The van der Waals surface area contributed by atoms with E-state index in [9.17, 15) is 4.79 Å². The molecule has 0 aliphatic carbocycles. The van der Waals surface area contributed by atoms with Crippen LogP contribution in [-0.2, 0) is 20.3 Å². The van der Waals surface area contributed by atoms with Crippen LogP contribution in [0.15, 0.2) is 100 Å². The van der Waals surface area contributed by atoms with E-state index in [-0.39, 0.29) is 0 Å². The predicted octanol–water partition coefficient (Wildman–Crippen LogP) is 5.35. The van der Waals surface area contributed by atoms with Crippen LogP contribution in [0.3, 0.4) is 0 Å². The molecule has 0 N–H and O–H groups in total. The fourth-order valence-electron chi connectivity index (χ4n) is 3.59. The Morgan fingerprint density at radius 1 is 0.818 bits per heavy atom. The molecule has 0 amide bonds. The molecule has 6 heteroatoms. The van der Waals surface area contributed by atoms with Gasteiger partial charge in [-0.3, -0.25) is 4.57 Å². The van der Waals surface area contributed by atoms with Crippen LogP contribution in [0.5, 0.6) is 11.8 Å². The molecule has 0 saturated carbocycles. The van der Waals surface area contributed by atoms with Crippen LogP contribution in [0, 0.1) is 0 Å². The summed E-state index contributed by atoms with van der Waals surface area (Å²) in [5.41, 5.74) is 5.00. The molecular formula is C27H22N2O4. The van der Waals surface area contributed by atoms with Gasteiger partial charge in [0.15, 0.2) is 5.58 Å². The highest BCUT2D eigenvalue weighted by Gasteiger charge is 2.14. The molecule has 0 fully saturated rings. The molecule has 6 nitrogen and oxygen atoms in total. The van der Waals surface area contributed by atoms with Crippen molar-refractivity contribution in [3.8, 4) is 22.9 Å². The molecule has 0 radical (unpaired) electrons. The molecule has 3 aromatic carbocycles. The third-order valence-corrected chi connectivity index (χ3v) is 5.39. The second kappa shape index (κ2) is 9.04. The Balaban J connectivity index is 1.48. The molecule has 2 aromatic heterocycles. The van der Waals surface area contributed by atoms with Gasteiger partial charge in [0.1, 0.15) is 13.2 Å². The molecule has 5 rings (SSSR count). The monoisotopic (exact) mass is 438 g/mol. The zero-order chi connectivity index (χ0) is 22.6. The highest BCUT2D eigenvalue weighted by Crippen LogP contribution is 2.33. The normalized spacial score (nSPS) is 10.9. The summed E-state index contributed by atoms with van der Waals surface area (Å²) >= 11 is 0. The van der Waals surface area contributed by atoms with Crippen molar-refractivity contribution in [3.05, 3.63) is 113 Å². The second-order valence-electron chi connectivity index (χ2n) is 7.66. The van der Waals surface area contributed by atoms with E-state index in [0.717, 1.165) is 22.3 Å². The first-order chi connectivity index (χ1) is 16.2. The number of hydrogen-bond donors (Lipinski definition) is 0. The van der Waals surface area contributed by atoms with Crippen LogP contribution in [0.25, 0.3) is 22.2 Å². The van der Waals surface area contributed by atoms with Gasteiger partial charge in [0.25, 0.3) is 0 Å². The Kier molecular flexibility index (Phi) is 5.64. The first-order valence-electron chi connectivity index (χ1n) is 10.6. The topological polar surface area (TPSA) is 66.5 Å². The fourth-order valence-corrected chi connectivity index (χ4v) is 3.59. The Labute approximate surface area is 190 Å². The van der Waals surface area contributed by atoms with Crippen molar-refractivity contribution < 1.29 is 13.9 Å². The maximum absolute atomic E-state index is 11.9. The van der Waals surface area contributed by atoms with Gasteiger partial charge in [0.2, 0.25) is 11.8 Å². The van der Waals surface area contributed by atoms with Gasteiger partial charge in [-0.2, -0.15) is 4.98 Å². The summed E-state index contributed by atoms with van der Waals surface area (Å²) in [4.78, 5) is 16.5. The lowest BCUT2D eigenvalue weighted by atomic mass is 10.1. The lowest BCUT2D eigenvalue weighted by Gasteiger charge is -2.13. The predicted molar refractivity (Wildman–Crippen MR) is 126 cm³/mol. The number of oxazole rings is 1. The van der Waals surface area contributed by atoms with Crippen molar-refractivity contribution in [2.24, 2.45) is 7.05 Å². The Morgan fingerprint density at radius 3 is 2.18 bits per heavy atom. The lowest BCUT2D eigenvalue weighted by Crippen LogP contribution is -2.08. The number of hydrogen-bond acceptors (Lipinski definition) is 5. The van der Waals surface area contributed by atoms with Crippen LogP contribution in [0.4, 0.5) is 0 Å². The van der Waals surface area contributed by atoms with Crippen LogP contribution in [0.2, 0.25) is 0 Å². The average molecular weight is 438 g/mol. The summed E-state index contributed by atoms with van der Waals surface area (Å²) < 4.78 is 18.8. The van der Waals surface area contributed by atoms with E-state index in [4.69, 9.17) is 13.9 Å². The number of aryl methyl sites for hydroxylation is 1. The number of ether oxygens (including phenoxy) is 2. The maximum atomic E-state index is 11.9. The zero-order valence-electron chi connectivity index (χ0n) is 18.1. The van der Waals surface area contributed by atoms with Crippen LogP contribution in [-0.4, -0.2) is 9.55 Å². The van der Waals surface area contributed by atoms with Gasteiger partial charge in [0.05, 0.1) is 5.52 Å². The Hall–Kier alpha value is -4.32. The Bertz CT molecular complexity index is 1440. The third kappa shape index (κ3) is 4.50. The standard InChI is InChI=1S/C27H22N2O4/c1-29-23-16-21(12-14-24(23)33-27(29)30)22-13-15-25(31-17-19-8-4-2-5-9-19)28-26(22)32-18-20-10-6-3-7-11-20/h2-16H,17-18H2,1H3. The summed E-state index contributed by atoms with van der Waals surface area (Å²) in [5, 5.41) is 0. The van der Waals surface area contributed by atoms with E-state index < -0.39 is 5.76 Å². The largest absolute Gasteiger partial charge is 0.473 e. The van der Waals surface area contributed by atoms with Gasteiger partial charge in [-0.1, -0.05) is 66.7 Å². The lowest BCUT2D eigenvalue weighted by molar-refractivity contribution is 0.268. The summed E-state index contributed by atoms with van der Waals surface area (Å²) in [5.74, 6) is 0.533. The maximum Gasteiger partial charge on any atom is 0.419 e. The van der Waals surface area contributed by atoms with Crippen molar-refractivity contribution in [1.29, 1.82) is 0 Å². The molecule has 0 aliphatic heterocycles. The van der Waals surface area contributed by atoms with E-state index in [1.165, 1.54) is 4.57 Å². The number of aromatic nitrogens is 2. The summed E-state index contributed by atoms with van der Waals surface area (Å²) in [7, 11) is 1.68. The highest BCUT2D eigenvalue weighted by molar-refractivity contribution is 5.82. The van der Waals surface area contributed by atoms with E-state index in [0.29, 0.717) is 36.1 Å². The fraction of sp³-hybridized carbons (Fsp3) is 0.111. The van der Waals surface area contributed by atoms with Crippen molar-refractivity contribution in [3.63, 3.8) is 0 Å². The molecule has 0 bridgehead atoms. The molecule has 0 atom stereocenters. The quantitative estimate of drug-likeness (QED) is 0.343. The molecule has 0 saturated heterocycles. The van der Waals surface area contributed by atoms with Gasteiger partial charge in [-0.25, -0.2) is 4.79 Å². The zero-order valence-corrected chi connectivity index (χ0v) is 18.1. The number of benzene rings is 3. The number of rotatable bonds is 7. The number of pyridine rings is 1. The molecular weight excluding hydrogens is 416 g/mol. The van der Waals surface area contributed by atoms with Gasteiger partial charge in [0, 0.05) is 18.7 Å². The van der Waals surface area contributed by atoms with Gasteiger partial charge in [-0.05, 0) is 34.9 Å². The summed E-state index contributed by atoms with van der Waals surface area (Å²) in [6.07, 6.45) is 0. The van der Waals surface area contributed by atoms with Gasteiger partial charge >= 0.3 is 5.76 Å². The summed E-state index contributed by atoms with van der Waals surface area (Å²) in [6.45, 7) is 0.782. The SMILES string of the molecule is Cn1c(=O)oc2ccc(-c3ccc(OCc4ccccc4)nc3OCc3ccccc3)cc21. The first-order valence-corrected chi connectivity index (χ1v) is 10.6. The van der Waals surface area contributed by atoms with E-state index >= 15 is 0 Å².